The smallest absolute Gasteiger partial charge is 0.102 e. The van der Waals surface area contributed by atoms with Crippen molar-refractivity contribution in [1.29, 1.82) is 0 Å². The van der Waals surface area contributed by atoms with E-state index in [1.54, 1.807) is 0 Å². The van der Waals surface area contributed by atoms with E-state index in [0.717, 1.165) is 6.54 Å². The summed E-state index contributed by atoms with van der Waals surface area (Å²) in [6, 6.07) is 0.477. The van der Waals surface area contributed by atoms with Crippen LogP contribution < -0.4 is 0 Å². The van der Waals surface area contributed by atoms with Crippen molar-refractivity contribution in [3.8, 4) is 0 Å². The predicted molar refractivity (Wildman–Crippen MR) is 59.2 cm³/mol. The van der Waals surface area contributed by atoms with Crippen molar-refractivity contribution in [2.75, 3.05) is 19.8 Å². The van der Waals surface area contributed by atoms with E-state index in [2.05, 4.69) is 37.8 Å². The molecule has 82 valence electrons. The fraction of sp³-hybridized carbons (Fsp3) is 0.833. The van der Waals surface area contributed by atoms with Crippen molar-refractivity contribution in [2.45, 2.75) is 39.7 Å². The van der Waals surface area contributed by atoms with Crippen LogP contribution in [0, 0.1) is 5.41 Å². The van der Waals surface area contributed by atoms with Crippen LogP contribution in [0.2, 0.25) is 0 Å². The number of nitrogens with zero attached hydrogens (tertiary/aromatic N) is 1. The van der Waals surface area contributed by atoms with Gasteiger partial charge in [-0.05, 0) is 24.8 Å². The second-order valence-corrected chi connectivity index (χ2v) is 5.16. The Bertz CT molecular complexity index is 193. The van der Waals surface area contributed by atoms with Gasteiger partial charge >= 0.3 is 0 Å². The van der Waals surface area contributed by atoms with Gasteiger partial charge in [0, 0.05) is 12.6 Å². The largest absolute Gasteiger partial charge is 0.294 e. The molecule has 0 aromatic heterocycles. The predicted octanol–water partition coefficient (Wildman–Crippen LogP) is 3.02. The molecule has 0 bridgehead atoms. The number of hydrogen-bond donors (Lipinski definition) is 0. The highest BCUT2D eigenvalue weighted by molar-refractivity contribution is 5.02. The Morgan fingerprint density at radius 3 is 2.71 bits per heavy atom. The minimum absolute atomic E-state index is 0.222. The molecule has 14 heavy (non-hydrogen) atoms. The minimum Gasteiger partial charge on any atom is -0.294 e. The van der Waals surface area contributed by atoms with Gasteiger partial charge in [0.15, 0.2) is 0 Å². The monoisotopic (exact) mass is 199 g/mol. The Labute approximate surface area is 87.0 Å². The average Bonchev–Trinajstić information content (AvgIpc) is 2.48. The fourth-order valence-electron chi connectivity index (χ4n) is 1.86. The van der Waals surface area contributed by atoms with E-state index in [0.29, 0.717) is 12.6 Å². The number of hydrogen-bond acceptors (Lipinski definition) is 1. The van der Waals surface area contributed by atoms with Crippen molar-refractivity contribution in [3.63, 3.8) is 0 Å². The van der Waals surface area contributed by atoms with Crippen molar-refractivity contribution < 1.29 is 4.39 Å². The van der Waals surface area contributed by atoms with Gasteiger partial charge in [-0.3, -0.25) is 4.90 Å². The topological polar surface area (TPSA) is 3.24 Å². The van der Waals surface area contributed by atoms with Gasteiger partial charge in [0.1, 0.15) is 6.67 Å². The third kappa shape index (κ3) is 3.79. The first-order valence-corrected chi connectivity index (χ1v) is 5.52. The highest BCUT2D eigenvalue weighted by Crippen LogP contribution is 2.21. The molecule has 1 aliphatic heterocycles. The molecule has 2 heteroatoms. The molecule has 1 rings (SSSR count). The van der Waals surface area contributed by atoms with Gasteiger partial charge in [-0.25, -0.2) is 4.39 Å². The van der Waals surface area contributed by atoms with Crippen LogP contribution in [-0.4, -0.2) is 30.7 Å². The van der Waals surface area contributed by atoms with E-state index < -0.39 is 0 Å². The Morgan fingerprint density at radius 1 is 1.43 bits per heavy atom. The average molecular weight is 199 g/mol. The van der Waals surface area contributed by atoms with Crippen LogP contribution in [0.5, 0.6) is 0 Å². The molecule has 0 aromatic rings. The van der Waals surface area contributed by atoms with E-state index in [9.17, 15) is 4.39 Å². The molecule has 1 nitrogen and oxygen atoms in total. The second-order valence-electron chi connectivity index (χ2n) is 5.16. The number of likely N-dealkylation sites (tertiary alicyclic amines) is 1. The van der Waals surface area contributed by atoms with Gasteiger partial charge in [0.2, 0.25) is 0 Å². The first-order chi connectivity index (χ1) is 6.53. The van der Waals surface area contributed by atoms with Crippen LogP contribution in [0.15, 0.2) is 12.2 Å². The SMILES string of the molecule is CC(C)(C)/C=C/C1CCCN1CCF. The van der Waals surface area contributed by atoms with E-state index in [-0.39, 0.29) is 12.1 Å². The highest BCUT2D eigenvalue weighted by atomic mass is 19.1. The van der Waals surface area contributed by atoms with Crippen LogP contribution in [0.3, 0.4) is 0 Å². The Morgan fingerprint density at radius 2 is 2.14 bits per heavy atom. The molecule has 1 saturated heterocycles. The van der Waals surface area contributed by atoms with Crippen LogP contribution in [0.4, 0.5) is 4.39 Å². The van der Waals surface area contributed by atoms with Gasteiger partial charge in [0.25, 0.3) is 0 Å². The Kier molecular flexibility index (Phi) is 4.11. The maximum atomic E-state index is 12.2. The molecule has 1 aliphatic rings. The Hall–Kier alpha value is -0.370. The molecular weight excluding hydrogens is 177 g/mol. The lowest BCUT2D eigenvalue weighted by Gasteiger charge is -2.21. The zero-order valence-corrected chi connectivity index (χ0v) is 9.59. The van der Waals surface area contributed by atoms with Gasteiger partial charge < -0.3 is 0 Å². The van der Waals surface area contributed by atoms with Gasteiger partial charge in [-0.1, -0.05) is 32.9 Å². The molecule has 0 aliphatic carbocycles. The number of alkyl halides is 1. The van der Waals surface area contributed by atoms with E-state index in [4.69, 9.17) is 0 Å². The summed E-state index contributed by atoms with van der Waals surface area (Å²) in [6.45, 7) is 8.01. The summed E-state index contributed by atoms with van der Waals surface area (Å²) in [5.74, 6) is 0. The lowest BCUT2D eigenvalue weighted by atomic mass is 9.95. The summed E-state index contributed by atoms with van der Waals surface area (Å²) in [4.78, 5) is 2.24. The lowest BCUT2D eigenvalue weighted by Crippen LogP contribution is -2.30. The maximum absolute atomic E-state index is 12.2. The van der Waals surface area contributed by atoms with Crippen LogP contribution in [-0.2, 0) is 0 Å². The normalized spacial score (nSPS) is 25.0. The summed E-state index contributed by atoms with van der Waals surface area (Å²) in [6.07, 6.45) is 6.89. The van der Waals surface area contributed by atoms with Crippen molar-refractivity contribution in [1.82, 2.24) is 4.90 Å². The lowest BCUT2D eigenvalue weighted by molar-refractivity contribution is 0.259. The molecule has 0 amide bonds. The van der Waals surface area contributed by atoms with Gasteiger partial charge in [-0.2, -0.15) is 0 Å². The molecule has 1 unspecified atom stereocenters. The van der Waals surface area contributed by atoms with Crippen LogP contribution >= 0.6 is 0 Å². The van der Waals surface area contributed by atoms with Crippen molar-refractivity contribution in [3.05, 3.63) is 12.2 Å². The van der Waals surface area contributed by atoms with Crippen LogP contribution in [0.25, 0.3) is 0 Å². The van der Waals surface area contributed by atoms with Crippen molar-refractivity contribution >= 4 is 0 Å². The summed E-state index contributed by atoms with van der Waals surface area (Å²) < 4.78 is 12.2. The number of rotatable bonds is 3. The number of halogens is 1. The molecule has 0 N–H and O–H groups in total. The fourth-order valence-corrected chi connectivity index (χ4v) is 1.86. The Balaban J connectivity index is 2.47. The van der Waals surface area contributed by atoms with E-state index in [1.807, 2.05) is 0 Å². The summed E-state index contributed by atoms with van der Waals surface area (Å²) in [5, 5.41) is 0. The highest BCUT2D eigenvalue weighted by Gasteiger charge is 2.21. The second kappa shape index (κ2) is 4.92. The molecule has 0 saturated carbocycles. The van der Waals surface area contributed by atoms with Crippen molar-refractivity contribution in [2.24, 2.45) is 5.41 Å². The maximum Gasteiger partial charge on any atom is 0.102 e. The van der Waals surface area contributed by atoms with Gasteiger partial charge in [-0.15, -0.1) is 0 Å². The summed E-state index contributed by atoms with van der Waals surface area (Å²) >= 11 is 0. The minimum atomic E-state index is -0.222. The molecule has 0 radical (unpaired) electrons. The molecule has 1 fully saturated rings. The first kappa shape index (κ1) is 11.7. The van der Waals surface area contributed by atoms with Crippen LogP contribution in [0.1, 0.15) is 33.6 Å². The zero-order chi connectivity index (χ0) is 10.6. The van der Waals surface area contributed by atoms with Gasteiger partial charge in [0.05, 0.1) is 0 Å². The third-order valence-corrected chi connectivity index (χ3v) is 2.60. The quantitative estimate of drug-likeness (QED) is 0.631. The molecular formula is C12H22FN. The van der Waals surface area contributed by atoms with E-state index >= 15 is 0 Å². The third-order valence-electron chi connectivity index (χ3n) is 2.60. The van der Waals surface area contributed by atoms with E-state index in [1.165, 1.54) is 12.8 Å². The molecule has 1 atom stereocenters. The molecule has 0 aromatic carbocycles. The summed E-state index contributed by atoms with van der Waals surface area (Å²) in [7, 11) is 0. The first-order valence-electron chi connectivity index (χ1n) is 5.52. The summed E-state index contributed by atoms with van der Waals surface area (Å²) in [5.41, 5.74) is 0.240. The molecule has 0 spiro atoms. The molecule has 1 heterocycles. The zero-order valence-electron chi connectivity index (χ0n) is 9.59. The standard InChI is InChI=1S/C12H22FN/c1-12(2,3)7-6-11-5-4-9-14(11)10-8-13/h6-7,11H,4-5,8-10H2,1-3H3/b7-6+. The number of allylic oxidation sites excluding steroid dienone is 1.